The highest BCUT2D eigenvalue weighted by Crippen LogP contribution is 2.37. The van der Waals surface area contributed by atoms with Gasteiger partial charge < -0.3 is 14.8 Å². The molecule has 7 nitrogen and oxygen atoms in total. The molecule has 0 atom stereocenters. The van der Waals surface area contributed by atoms with Crippen molar-refractivity contribution in [3.8, 4) is 17.2 Å². The van der Waals surface area contributed by atoms with Gasteiger partial charge in [0.15, 0.2) is 17.3 Å². The number of halogens is 1. The first-order valence-electron chi connectivity index (χ1n) is 8.93. The first-order chi connectivity index (χ1) is 13.7. The molecule has 4 rings (SSSR count). The third kappa shape index (κ3) is 4.20. The number of carbonyl (C=O) groups excluding carboxylic acids is 1. The Morgan fingerprint density at radius 3 is 2.82 bits per heavy atom. The summed E-state index contributed by atoms with van der Waals surface area (Å²) in [4.78, 5) is 12.2. The number of anilines is 1. The van der Waals surface area contributed by atoms with Gasteiger partial charge in [-0.1, -0.05) is 29.8 Å². The Bertz CT molecular complexity index is 975. The normalized spacial score (nSPS) is 12.9. The lowest BCUT2D eigenvalue weighted by molar-refractivity contribution is 0.251. The number of benzene rings is 2. The predicted molar refractivity (Wildman–Crippen MR) is 106 cm³/mol. The SMILES string of the molecule is O=C(NCc1cc(Cl)c2c(c1)OCCCO2)Nc1ccn(-c2ccccc2)n1. The van der Waals surface area contributed by atoms with Crippen molar-refractivity contribution >= 4 is 23.4 Å². The quantitative estimate of drug-likeness (QED) is 0.696. The molecule has 2 amide bonds. The molecule has 0 aliphatic carbocycles. The molecule has 2 N–H and O–H groups in total. The Morgan fingerprint density at radius 2 is 1.96 bits per heavy atom. The van der Waals surface area contributed by atoms with Gasteiger partial charge in [0.2, 0.25) is 0 Å². The molecular formula is C20H19ClN4O3. The van der Waals surface area contributed by atoms with Gasteiger partial charge >= 0.3 is 6.03 Å². The molecule has 1 aliphatic rings. The molecular weight excluding hydrogens is 380 g/mol. The van der Waals surface area contributed by atoms with E-state index in [4.69, 9.17) is 21.1 Å². The van der Waals surface area contributed by atoms with Crippen LogP contribution in [0.25, 0.3) is 5.69 Å². The number of carbonyl (C=O) groups is 1. The van der Waals surface area contributed by atoms with Crippen molar-refractivity contribution in [2.45, 2.75) is 13.0 Å². The monoisotopic (exact) mass is 398 g/mol. The molecule has 0 unspecified atom stereocenters. The summed E-state index contributed by atoms with van der Waals surface area (Å²) in [6, 6.07) is 14.6. The third-order valence-electron chi connectivity index (χ3n) is 4.17. The average molecular weight is 399 g/mol. The minimum absolute atomic E-state index is 0.293. The number of rotatable bonds is 4. The first kappa shape index (κ1) is 18.2. The summed E-state index contributed by atoms with van der Waals surface area (Å²) in [6.07, 6.45) is 2.59. The zero-order chi connectivity index (χ0) is 19.3. The summed E-state index contributed by atoms with van der Waals surface area (Å²) in [5, 5.41) is 10.3. The zero-order valence-corrected chi connectivity index (χ0v) is 15.8. The second-order valence-corrected chi connectivity index (χ2v) is 6.65. The van der Waals surface area contributed by atoms with E-state index in [0.717, 1.165) is 17.7 Å². The summed E-state index contributed by atoms with van der Waals surface area (Å²) in [5.74, 6) is 1.61. The minimum Gasteiger partial charge on any atom is -0.489 e. The van der Waals surface area contributed by atoms with Gasteiger partial charge in [0.05, 0.1) is 23.9 Å². The molecule has 1 aromatic heterocycles. The summed E-state index contributed by atoms with van der Waals surface area (Å²) >= 11 is 6.28. The highest BCUT2D eigenvalue weighted by atomic mass is 35.5. The Labute approximate surface area is 167 Å². The fraction of sp³-hybridized carbons (Fsp3) is 0.200. The van der Waals surface area contributed by atoms with Crippen molar-refractivity contribution in [1.82, 2.24) is 15.1 Å². The summed E-state index contributed by atoms with van der Waals surface area (Å²) in [7, 11) is 0. The minimum atomic E-state index is -0.360. The molecule has 0 saturated carbocycles. The molecule has 0 fully saturated rings. The summed E-state index contributed by atoms with van der Waals surface area (Å²) in [6.45, 7) is 1.44. The van der Waals surface area contributed by atoms with Gasteiger partial charge in [0.25, 0.3) is 0 Å². The maximum Gasteiger partial charge on any atom is 0.320 e. The molecule has 28 heavy (non-hydrogen) atoms. The molecule has 2 heterocycles. The fourth-order valence-corrected chi connectivity index (χ4v) is 3.13. The Kier molecular flexibility index (Phi) is 5.34. The van der Waals surface area contributed by atoms with E-state index in [9.17, 15) is 4.79 Å². The van der Waals surface area contributed by atoms with Crippen LogP contribution in [0.1, 0.15) is 12.0 Å². The van der Waals surface area contributed by atoms with Gasteiger partial charge in [-0.05, 0) is 29.8 Å². The molecule has 3 aromatic rings. The van der Waals surface area contributed by atoms with E-state index < -0.39 is 0 Å². The van der Waals surface area contributed by atoms with Crippen LogP contribution in [0.3, 0.4) is 0 Å². The number of hydrogen-bond acceptors (Lipinski definition) is 4. The second kappa shape index (κ2) is 8.22. The van der Waals surface area contributed by atoms with Gasteiger partial charge in [0.1, 0.15) is 0 Å². The van der Waals surface area contributed by atoms with Crippen LogP contribution in [0.2, 0.25) is 5.02 Å². The number of urea groups is 1. The molecule has 8 heteroatoms. The topological polar surface area (TPSA) is 77.4 Å². The molecule has 144 valence electrons. The number of ether oxygens (including phenoxy) is 2. The largest absolute Gasteiger partial charge is 0.489 e. The van der Waals surface area contributed by atoms with Gasteiger partial charge in [0, 0.05) is 25.2 Å². The van der Waals surface area contributed by atoms with Crippen LogP contribution in [-0.4, -0.2) is 29.0 Å². The number of aromatic nitrogens is 2. The first-order valence-corrected chi connectivity index (χ1v) is 9.31. The van der Waals surface area contributed by atoms with Gasteiger partial charge in [-0.3, -0.25) is 5.32 Å². The van der Waals surface area contributed by atoms with E-state index in [0.29, 0.717) is 42.1 Å². The van der Waals surface area contributed by atoms with Crippen molar-refractivity contribution in [3.63, 3.8) is 0 Å². The van der Waals surface area contributed by atoms with E-state index in [1.54, 1.807) is 23.0 Å². The van der Waals surface area contributed by atoms with Crippen LogP contribution in [0, 0.1) is 0 Å². The number of nitrogens with one attached hydrogen (secondary N) is 2. The lowest BCUT2D eigenvalue weighted by atomic mass is 10.2. The predicted octanol–water partition coefficient (Wildman–Crippen LogP) is 4.01. The third-order valence-corrected chi connectivity index (χ3v) is 4.45. The maximum atomic E-state index is 12.2. The van der Waals surface area contributed by atoms with E-state index in [1.807, 2.05) is 36.4 Å². The van der Waals surface area contributed by atoms with Crippen LogP contribution < -0.4 is 20.1 Å². The molecule has 0 spiro atoms. The van der Waals surface area contributed by atoms with Gasteiger partial charge in [-0.15, -0.1) is 5.10 Å². The Balaban J connectivity index is 1.37. The van der Waals surface area contributed by atoms with Crippen molar-refractivity contribution in [2.24, 2.45) is 0 Å². The zero-order valence-electron chi connectivity index (χ0n) is 15.0. The smallest absolute Gasteiger partial charge is 0.320 e. The molecule has 2 aromatic carbocycles. The number of para-hydroxylation sites is 1. The van der Waals surface area contributed by atoms with E-state index >= 15 is 0 Å². The summed E-state index contributed by atoms with van der Waals surface area (Å²) < 4.78 is 13.0. The van der Waals surface area contributed by atoms with Crippen LogP contribution in [0.4, 0.5) is 10.6 Å². The Morgan fingerprint density at radius 1 is 1.14 bits per heavy atom. The molecule has 0 saturated heterocycles. The van der Waals surface area contributed by atoms with Crippen LogP contribution in [-0.2, 0) is 6.54 Å². The highest BCUT2D eigenvalue weighted by Gasteiger charge is 2.16. The van der Waals surface area contributed by atoms with Crippen molar-refractivity contribution in [1.29, 1.82) is 0 Å². The van der Waals surface area contributed by atoms with Crippen molar-refractivity contribution < 1.29 is 14.3 Å². The van der Waals surface area contributed by atoms with E-state index in [2.05, 4.69) is 15.7 Å². The van der Waals surface area contributed by atoms with Crippen LogP contribution in [0.15, 0.2) is 54.7 Å². The van der Waals surface area contributed by atoms with Gasteiger partial charge in [-0.25, -0.2) is 9.48 Å². The van der Waals surface area contributed by atoms with E-state index in [1.165, 1.54) is 0 Å². The average Bonchev–Trinajstić information content (AvgIpc) is 3.03. The van der Waals surface area contributed by atoms with Crippen molar-refractivity contribution in [2.75, 3.05) is 18.5 Å². The highest BCUT2D eigenvalue weighted by molar-refractivity contribution is 6.32. The van der Waals surface area contributed by atoms with Gasteiger partial charge in [-0.2, -0.15) is 0 Å². The Hall–Kier alpha value is -3.19. The molecule has 0 bridgehead atoms. The number of hydrogen-bond donors (Lipinski definition) is 2. The second-order valence-electron chi connectivity index (χ2n) is 6.24. The van der Waals surface area contributed by atoms with Crippen LogP contribution in [0.5, 0.6) is 11.5 Å². The molecule has 1 aliphatic heterocycles. The summed E-state index contributed by atoms with van der Waals surface area (Å²) in [5.41, 5.74) is 1.73. The lowest BCUT2D eigenvalue weighted by Gasteiger charge is -2.12. The number of nitrogens with zero attached hydrogens (tertiary/aromatic N) is 2. The number of fused-ring (bicyclic) bond motifs is 1. The maximum absolute atomic E-state index is 12.2. The standard InChI is InChI=1S/C20H19ClN4O3/c21-16-11-14(12-17-19(16)28-10-4-9-27-17)13-22-20(26)23-18-7-8-25(24-18)15-5-2-1-3-6-15/h1-3,5-8,11-12H,4,9-10,13H2,(H2,22,23,24,26). The fourth-order valence-electron chi connectivity index (χ4n) is 2.84. The molecule has 0 radical (unpaired) electrons. The van der Waals surface area contributed by atoms with Crippen LogP contribution >= 0.6 is 11.6 Å². The van der Waals surface area contributed by atoms with E-state index in [-0.39, 0.29) is 6.03 Å². The van der Waals surface area contributed by atoms with Crippen molar-refractivity contribution in [3.05, 3.63) is 65.3 Å². The number of amides is 2. The lowest BCUT2D eigenvalue weighted by Crippen LogP contribution is -2.28.